The summed E-state index contributed by atoms with van der Waals surface area (Å²) in [7, 11) is 0. The summed E-state index contributed by atoms with van der Waals surface area (Å²) in [4.78, 5) is 28.2. The molecule has 2 aliphatic rings. The van der Waals surface area contributed by atoms with Gasteiger partial charge in [0.25, 0.3) is 0 Å². The first-order valence-electron chi connectivity index (χ1n) is 11.1. The van der Waals surface area contributed by atoms with Crippen molar-refractivity contribution in [2.75, 3.05) is 25.1 Å². The number of halogens is 2. The molecule has 0 bridgehead atoms. The van der Waals surface area contributed by atoms with Gasteiger partial charge in [0.1, 0.15) is 6.04 Å². The van der Waals surface area contributed by atoms with E-state index in [1.54, 1.807) is 29.3 Å². The van der Waals surface area contributed by atoms with Gasteiger partial charge in [0.05, 0.1) is 28.5 Å². The molecule has 1 aromatic carbocycles. The second-order valence-corrected chi connectivity index (χ2v) is 9.14. The van der Waals surface area contributed by atoms with Gasteiger partial charge in [-0.1, -0.05) is 29.3 Å². The number of amides is 2. The van der Waals surface area contributed by atoms with Crippen molar-refractivity contribution in [2.24, 2.45) is 0 Å². The minimum Gasteiger partial charge on any atom is -0.446 e. The maximum absolute atomic E-state index is 13.3. The lowest BCUT2D eigenvalue weighted by Gasteiger charge is -2.30. The zero-order valence-corrected chi connectivity index (χ0v) is 19.8. The van der Waals surface area contributed by atoms with Crippen molar-refractivity contribution in [1.29, 1.82) is 0 Å². The van der Waals surface area contributed by atoms with Crippen molar-refractivity contribution in [3.05, 3.63) is 69.6 Å². The zero-order chi connectivity index (χ0) is 23.5. The van der Waals surface area contributed by atoms with Crippen LogP contribution in [0.15, 0.2) is 41.4 Å². The van der Waals surface area contributed by atoms with E-state index in [2.05, 4.69) is 20.6 Å². The van der Waals surface area contributed by atoms with Crippen LogP contribution in [-0.2, 0) is 17.7 Å². The van der Waals surface area contributed by atoms with Crippen LogP contribution >= 0.6 is 23.2 Å². The normalized spacial score (nSPS) is 17.2. The summed E-state index contributed by atoms with van der Waals surface area (Å²) >= 11 is 12.3. The molecule has 0 radical (unpaired) electrons. The second-order valence-electron chi connectivity index (χ2n) is 8.33. The first kappa shape index (κ1) is 22.9. The predicted octanol–water partition coefficient (Wildman–Crippen LogP) is 4.22. The van der Waals surface area contributed by atoms with Crippen molar-refractivity contribution in [1.82, 2.24) is 25.2 Å². The summed E-state index contributed by atoms with van der Waals surface area (Å²) < 4.78 is 10.9. The maximum atomic E-state index is 13.3. The highest BCUT2D eigenvalue weighted by Gasteiger charge is 2.27. The zero-order valence-electron chi connectivity index (χ0n) is 18.3. The average Bonchev–Trinajstić information content (AvgIpc) is 3.39. The first-order valence-corrected chi connectivity index (χ1v) is 11.9. The highest BCUT2D eigenvalue weighted by molar-refractivity contribution is 6.42. The van der Waals surface area contributed by atoms with Gasteiger partial charge in [0.15, 0.2) is 12.2 Å². The molecular formula is C23H24Cl2N6O3. The molecule has 0 unspecified atom stereocenters. The van der Waals surface area contributed by atoms with Gasteiger partial charge in [-0.25, -0.2) is 19.7 Å². The van der Waals surface area contributed by atoms with Gasteiger partial charge < -0.3 is 24.7 Å². The minimum atomic E-state index is -0.567. The van der Waals surface area contributed by atoms with Crippen LogP contribution < -0.4 is 10.6 Å². The van der Waals surface area contributed by atoms with Crippen LogP contribution in [0.4, 0.5) is 10.7 Å². The Morgan fingerprint density at radius 2 is 2.03 bits per heavy atom. The molecule has 9 nitrogen and oxygen atoms in total. The summed E-state index contributed by atoms with van der Waals surface area (Å²) in [6, 6.07) is 4.69. The number of nitrogens with one attached hydrogen (secondary N) is 2. The lowest BCUT2D eigenvalue weighted by molar-refractivity contribution is 0.0903. The molecule has 1 atom stereocenters. The number of nitrogens with zero attached hydrogens (tertiary/aromatic N) is 4. The smallest absolute Gasteiger partial charge is 0.318 e. The number of urea groups is 1. The average molecular weight is 503 g/mol. The number of carbonyl (C=O) groups excluding carboxylic acids is 1. The number of rotatable bonds is 5. The molecule has 34 heavy (non-hydrogen) atoms. The molecule has 5 rings (SSSR count). The molecule has 1 fully saturated rings. The van der Waals surface area contributed by atoms with Crippen LogP contribution in [0.5, 0.6) is 0 Å². The Morgan fingerprint density at radius 1 is 1.18 bits per heavy atom. The predicted molar refractivity (Wildman–Crippen MR) is 127 cm³/mol. The number of fused-ring (bicyclic) bond motifs is 1. The number of hydrogen-bond acceptors (Lipinski definition) is 7. The third-order valence-corrected chi connectivity index (χ3v) is 6.81. The Labute approximate surface area is 206 Å². The maximum Gasteiger partial charge on any atom is 0.318 e. The lowest BCUT2D eigenvalue weighted by atomic mass is 10.0. The monoisotopic (exact) mass is 502 g/mol. The number of aromatic nitrogens is 3. The molecule has 2 N–H and O–H groups in total. The quantitative estimate of drug-likeness (QED) is 0.537. The van der Waals surface area contributed by atoms with Crippen LogP contribution in [0, 0.1) is 0 Å². The van der Waals surface area contributed by atoms with Crippen LogP contribution in [-0.4, -0.2) is 51.7 Å². The number of hydrogen-bond donors (Lipinski definition) is 2. The Hall–Kier alpha value is -2.88. The van der Waals surface area contributed by atoms with Crippen molar-refractivity contribution in [2.45, 2.75) is 37.9 Å². The van der Waals surface area contributed by atoms with Gasteiger partial charge in [-0.2, -0.15) is 0 Å². The SMILES string of the molecule is O=C(N[C@H](c1ccc(Cl)c(Cl)c1)c1cnco1)N1CCc2cnc(NC3CCOCC3)nc2C1. The van der Waals surface area contributed by atoms with E-state index >= 15 is 0 Å². The third kappa shape index (κ3) is 5.11. The molecule has 3 aromatic rings. The highest BCUT2D eigenvalue weighted by atomic mass is 35.5. The molecule has 2 aliphatic heterocycles. The van der Waals surface area contributed by atoms with Crippen molar-refractivity contribution in [3.63, 3.8) is 0 Å². The Bertz CT molecular complexity index is 1150. The summed E-state index contributed by atoms with van der Waals surface area (Å²) in [5, 5.41) is 7.27. The van der Waals surface area contributed by atoms with E-state index in [0.717, 1.165) is 42.9 Å². The third-order valence-electron chi connectivity index (χ3n) is 6.07. The largest absolute Gasteiger partial charge is 0.446 e. The second kappa shape index (κ2) is 10.2. The number of ether oxygens (including phenoxy) is 1. The van der Waals surface area contributed by atoms with Crippen molar-refractivity contribution in [3.8, 4) is 0 Å². The molecule has 0 spiro atoms. The van der Waals surface area contributed by atoms with Crippen molar-refractivity contribution < 1.29 is 13.9 Å². The fourth-order valence-corrected chi connectivity index (χ4v) is 4.47. The van der Waals surface area contributed by atoms with Crippen LogP contribution in [0.1, 0.15) is 41.5 Å². The van der Waals surface area contributed by atoms with Crippen LogP contribution in [0.2, 0.25) is 10.0 Å². The molecule has 0 aliphatic carbocycles. The lowest BCUT2D eigenvalue weighted by Crippen LogP contribution is -2.44. The van der Waals surface area contributed by atoms with Gasteiger partial charge in [0, 0.05) is 32.0 Å². The van der Waals surface area contributed by atoms with Gasteiger partial charge in [-0.3, -0.25) is 0 Å². The van der Waals surface area contributed by atoms with E-state index in [4.69, 9.17) is 37.3 Å². The fraction of sp³-hybridized carbons (Fsp3) is 0.391. The standard InChI is InChI=1S/C23H24Cl2N6O3/c24-17-2-1-14(9-18(17)25)21(20-11-26-13-34-20)30-23(32)31-6-3-15-10-27-22(29-19(15)12-31)28-16-4-7-33-8-5-16/h1-2,9-11,13,16,21H,3-8,12H2,(H,30,32)(H,27,28,29)/t21-/m1/s1. The van der Waals surface area contributed by atoms with Gasteiger partial charge in [0.2, 0.25) is 5.95 Å². The molecule has 178 valence electrons. The van der Waals surface area contributed by atoms with Gasteiger partial charge >= 0.3 is 6.03 Å². The van der Waals surface area contributed by atoms with E-state index in [-0.39, 0.29) is 6.03 Å². The van der Waals surface area contributed by atoms with E-state index < -0.39 is 6.04 Å². The molecule has 4 heterocycles. The first-order chi connectivity index (χ1) is 16.6. The fourth-order valence-electron chi connectivity index (χ4n) is 4.16. The van der Waals surface area contributed by atoms with Crippen LogP contribution in [0.25, 0.3) is 0 Å². The number of carbonyl (C=O) groups is 1. The summed E-state index contributed by atoms with van der Waals surface area (Å²) in [6.45, 7) is 2.42. The van der Waals surface area contributed by atoms with Gasteiger partial charge in [-0.15, -0.1) is 0 Å². The Morgan fingerprint density at radius 3 is 2.79 bits per heavy atom. The summed E-state index contributed by atoms with van der Waals surface area (Å²) in [5.74, 6) is 1.08. The Kier molecular flexibility index (Phi) is 6.85. The molecule has 0 saturated carbocycles. The molecule has 1 saturated heterocycles. The van der Waals surface area contributed by atoms with Gasteiger partial charge in [-0.05, 0) is 42.5 Å². The molecular weight excluding hydrogens is 479 g/mol. The van der Waals surface area contributed by atoms with E-state index in [0.29, 0.717) is 47.3 Å². The van der Waals surface area contributed by atoms with E-state index in [1.807, 2.05) is 6.20 Å². The van der Waals surface area contributed by atoms with Crippen LogP contribution in [0.3, 0.4) is 0 Å². The Balaban J connectivity index is 1.30. The minimum absolute atomic E-state index is 0.240. The van der Waals surface area contributed by atoms with E-state index in [1.165, 1.54) is 6.39 Å². The summed E-state index contributed by atoms with van der Waals surface area (Å²) in [6.07, 6.45) is 7.28. The molecule has 2 amide bonds. The molecule has 11 heteroatoms. The number of benzene rings is 1. The number of anilines is 1. The molecule has 2 aromatic heterocycles. The highest BCUT2D eigenvalue weighted by Crippen LogP contribution is 2.29. The summed E-state index contributed by atoms with van der Waals surface area (Å²) in [5.41, 5.74) is 2.64. The van der Waals surface area contributed by atoms with E-state index in [9.17, 15) is 4.79 Å². The van der Waals surface area contributed by atoms with Crippen molar-refractivity contribution >= 4 is 35.2 Å². The topological polar surface area (TPSA) is 105 Å². The number of oxazole rings is 1.